The van der Waals surface area contributed by atoms with Gasteiger partial charge in [0, 0.05) is 57.1 Å². The van der Waals surface area contributed by atoms with Crippen molar-refractivity contribution < 1.29 is 0 Å². The van der Waals surface area contributed by atoms with E-state index < -0.39 is 0 Å². The van der Waals surface area contributed by atoms with Gasteiger partial charge in [-0.2, -0.15) is 9.97 Å². The number of piperidine rings is 1. The fourth-order valence-electron chi connectivity index (χ4n) is 6.05. The average Bonchev–Trinajstić information content (AvgIpc) is 2.89. The van der Waals surface area contributed by atoms with Gasteiger partial charge in [-0.25, -0.2) is 0 Å². The SMILES string of the molecule is CC1CC(C)CN(c2cc(N3CCN(c4ccccc4)CC3)nc(NC(=S)NC3CCCCC3)n2)C1. The first kappa shape index (κ1) is 25.1. The Hall–Kier alpha value is -2.61. The molecule has 7 nitrogen and oxygen atoms in total. The van der Waals surface area contributed by atoms with Gasteiger partial charge >= 0.3 is 0 Å². The van der Waals surface area contributed by atoms with E-state index in [-0.39, 0.29) is 0 Å². The highest BCUT2D eigenvalue weighted by Crippen LogP contribution is 2.29. The predicted molar refractivity (Wildman–Crippen MR) is 154 cm³/mol. The maximum Gasteiger partial charge on any atom is 0.232 e. The van der Waals surface area contributed by atoms with Crippen LogP contribution in [0.4, 0.5) is 23.3 Å². The molecule has 2 atom stereocenters. The molecule has 3 fully saturated rings. The van der Waals surface area contributed by atoms with Crippen LogP contribution in [0.2, 0.25) is 0 Å². The van der Waals surface area contributed by atoms with Crippen LogP contribution in [0.3, 0.4) is 0 Å². The summed E-state index contributed by atoms with van der Waals surface area (Å²) < 4.78 is 0. The number of anilines is 4. The first-order valence-corrected chi connectivity index (χ1v) is 14.2. The van der Waals surface area contributed by atoms with Crippen LogP contribution < -0.4 is 25.3 Å². The summed E-state index contributed by atoms with van der Waals surface area (Å²) in [6.45, 7) is 10.6. The molecule has 2 saturated heterocycles. The number of hydrogen-bond acceptors (Lipinski definition) is 6. The van der Waals surface area contributed by atoms with Crippen LogP contribution in [0, 0.1) is 11.8 Å². The molecule has 1 aliphatic carbocycles. The molecule has 2 unspecified atom stereocenters. The Bertz CT molecular complexity index is 992. The zero-order valence-electron chi connectivity index (χ0n) is 21.8. The van der Waals surface area contributed by atoms with Crippen molar-refractivity contribution in [2.24, 2.45) is 11.8 Å². The van der Waals surface area contributed by atoms with Gasteiger partial charge in [0.1, 0.15) is 11.6 Å². The molecular formula is C28H41N7S. The third-order valence-electron chi connectivity index (χ3n) is 7.78. The number of para-hydroxylation sites is 1. The second-order valence-electron chi connectivity index (χ2n) is 11.0. The summed E-state index contributed by atoms with van der Waals surface area (Å²) in [7, 11) is 0. The number of thiocarbonyl (C=S) groups is 1. The van der Waals surface area contributed by atoms with Crippen molar-refractivity contribution in [1.82, 2.24) is 15.3 Å². The van der Waals surface area contributed by atoms with Crippen LogP contribution in [-0.2, 0) is 0 Å². The first-order valence-electron chi connectivity index (χ1n) is 13.8. The lowest BCUT2D eigenvalue weighted by Gasteiger charge is -2.38. The molecule has 2 aromatic rings. The quantitative estimate of drug-likeness (QED) is 0.554. The second-order valence-corrected chi connectivity index (χ2v) is 11.4. The van der Waals surface area contributed by atoms with Gasteiger partial charge < -0.3 is 25.3 Å². The maximum atomic E-state index is 5.69. The topological polar surface area (TPSA) is 59.6 Å². The Balaban J connectivity index is 1.33. The average molecular weight is 508 g/mol. The van der Waals surface area contributed by atoms with Crippen molar-refractivity contribution in [3.05, 3.63) is 36.4 Å². The van der Waals surface area contributed by atoms with E-state index in [1.807, 2.05) is 0 Å². The van der Waals surface area contributed by atoms with E-state index in [9.17, 15) is 0 Å². The van der Waals surface area contributed by atoms with Crippen molar-refractivity contribution in [1.29, 1.82) is 0 Å². The van der Waals surface area contributed by atoms with Gasteiger partial charge in [-0.1, -0.05) is 51.3 Å². The standard InChI is InChI=1S/C28H41N7S/c1-21-17-22(2)20-35(19-21)26-18-25(34-15-13-33(14-16-34)24-11-7-4-8-12-24)30-27(31-26)32-28(36)29-23-9-5-3-6-10-23/h4,7-8,11-12,18,21-23H,3,5-6,9-10,13-17,19-20H2,1-2H3,(H2,29,30,31,32,36). The number of rotatable bonds is 5. The lowest BCUT2D eigenvalue weighted by molar-refractivity contribution is 0.355. The summed E-state index contributed by atoms with van der Waals surface area (Å²) in [5.74, 6) is 3.92. The Morgan fingerprint density at radius 1 is 0.833 bits per heavy atom. The Kier molecular flexibility index (Phi) is 8.09. The molecule has 3 aliphatic rings. The number of piperazine rings is 1. The molecule has 0 amide bonds. The molecule has 194 valence electrons. The summed E-state index contributed by atoms with van der Waals surface area (Å²) in [6, 6.07) is 13.3. The zero-order chi connectivity index (χ0) is 24.9. The van der Waals surface area contributed by atoms with E-state index in [1.165, 1.54) is 44.2 Å². The molecule has 2 aliphatic heterocycles. The van der Waals surface area contributed by atoms with Crippen LogP contribution in [0.1, 0.15) is 52.4 Å². The Morgan fingerprint density at radius 2 is 1.44 bits per heavy atom. The highest BCUT2D eigenvalue weighted by molar-refractivity contribution is 7.80. The minimum Gasteiger partial charge on any atom is -0.368 e. The summed E-state index contributed by atoms with van der Waals surface area (Å²) in [6.07, 6.45) is 7.52. The summed E-state index contributed by atoms with van der Waals surface area (Å²) >= 11 is 5.69. The minimum absolute atomic E-state index is 0.455. The largest absolute Gasteiger partial charge is 0.368 e. The zero-order valence-corrected chi connectivity index (χ0v) is 22.6. The van der Waals surface area contributed by atoms with Crippen LogP contribution in [0.5, 0.6) is 0 Å². The van der Waals surface area contributed by atoms with Gasteiger partial charge in [0.05, 0.1) is 0 Å². The van der Waals surface area contributed by atoms with Crippen LogP contribution in [0.25, 0.3) is 0 Å². The van der Waals surface area contributed by atoms with Gasteiger partial charge in [0.25, 0.3) is 0 Å². The smallest absolute Gasteiger partial charge is 0.232 e. The predicted octanol–water partition coefficient (Wildman–Crippen LogP) is 4.90. The Labute approximate surface area is 221 Å². The highest BCUT2D eigenvalue weighted by Gasteiger charge is 2.26. The molecule has 36 heavy (non-hydrogen) atoms. The van der Waals surface area contributed by atoms with E-state index in [0.29, 0.717) is 28.9 Å². The van der Waals surface area contributed by atoms with Gasteiger partial charge in [-0.15, -0.1) is 0 Å². The molecule has 8 heteroatoms. The van der Waals surface area contributed by atoms with E-state index in [1.54, 1.807) is 0 Å². The Morgan fingerprint density at radius 3 is 2.11 bits per heavy atom. The summed E-state index contributed by atoms with van der Waals surface area (Å²) in [4.78, 5) is 17.2. The third kappa shape index (κ3) is 6.38. The number of hydrogen-bond donors (Lipinski definition) is 2. The van der Waals surface area contributed by atoms with Crippen LogP contribution in [-0.4, -0.2) is 60.4 Å². The van der Waals surface area contributed by atoms with E-state index in [2.05, 4.69) is 75.6 Å². The molecule has 1 aromatic carbocycles. The van der Waals surface area contributed by atoms with Crippen molar-refractivity contribution >= 4 is 40.6 Å². The van der Waals surface area contributed by atoms with Crippen molar-refractivity contribution in [3.63, 3.8) is 0 Å². The lowest BCUT2D eigenvalue weighted by Crippen LogP contribution is -2.47. The fourth-order valence-corrected chi connectivity index (χ4v) is 6.31. The molecule has 2 N–H and O–H groups in total. The number of nitrogens with zero attached hydrogens (tertiary/aromatic N) is 5. The number of nitrogens with one attached hydrogen (secondary N) is 2. The van der Waals surface area contributed by atoms with Gasteiger partial charge in [0.15, 0.2) is 5.11 Å². The van der Waals surface area contributed by atoms with Crippen LogP contribution in [0.15, 0.2) is 36.4 Å². The first-order chi connectivity index (χ1) is 17.5. The van der Waals surface area contributed by atoms with Gasteiger partial charge in [-0.3, -0.25) is 0 Å². The fraction of sp³-hybridized carbons (Fsp3) is 0.607. The summed E-state index contributed by atoms with van der Waals surface area (Å²) in [5.41, 5.74) is 1.29. The van der Waals surface area contributed by atoms with E-state index in [4.69, 9.17) is 22.2 Å². The number of benzene rings is 1. The van der Waals surface area contributed by atoms with Crippen molar-refractivity contribution in [2.75, 3.05) is 59.3 Å². The summed E-state index contributed by atoms with van der Waals surface area (Å²) in [5, 5.41) is 7.49. The van der Waals surface area contributed by atoms with E-state index in [0.717, 1.165) is 50.9 Å². The van der Waals surface area contributed by atoms with Gasteiger partial charge in [-0.05, 0) is 55.4 Å². The monoisotopic (exact) mass is 507 g/mol. The van der Waals surface area contributed by atoms with Gasteiger partial charge in [0.2, 0.25) is 5.95 Å². The maximum absolute atomic E-state index is 5.69. The molecule has 0 spiro atoms. The highest BCUT2D eigenvalue weighted by atomic mass is 32.1. The van der Waals surface area contributed by atoms with Crippen LogP contribution >= 0.6 is 12.2 Å². The lowest BCUT2D eigenvalue weighted by atomic mass is 9.92. The molecule has 3 heterocycles. The molecule has 0 bridgehead atoms. The third-order valence-corrected chi connectivity index (χ3v) is 8.00. The minimum atomic E-state index is 0.455. The molecular weight excluding hydrogens is 466 g/mol. The molecule has 5 rings (SSSR count). The van der Waals surface area contributed by atoms with Crippen molar-refractivity contribution in [3.8, 4) is 0 Å². The second kappa shape index (κ2) is 11.6. The van der Waals surface area contributed by atoms with Crippen molar-refractivity contribution in [2.45, 2.75) is 58.4 Å². The molecule has 1 aromatic heterocycles. The number of aromatic nitrogens is 2. The van der Waals surface area contributed by atoms with E-state index >= 15 is 0 Å². The molecule has 0 radical (unpaired) electrons. The molecule has 1 saturated carbocycles. The normalized spacial score (nSPS) is 23.4.